The molecule has 1 aliphatic rings. The second kappa shape index (κ2) is 5.56. The number of likely N-dealkylation sites (tertiary alicyclic amines) is 1. The third-order valence-electron chi connectivity index (χ3n) is 4.10. The molecule has 0 spiro atoms. The van der Waals surface area contributed by atoms with Crippen LogP contribution in [0.5, 0.6) is 0 Å². The van der Waals surface area contributed by atoms with Crippen molar-refractivity contribution in [3.8, 4) is 0 Å². The number of nitrogens with zero attached hydrogens (tertiary/aromatic N) is 3. The van der Waals surface area contributed by atoms with Crippen molar-refractivity contribution in [2.45, 2.75) is 25.8 Å². The van der Waals surface area contributed by atoms with Crippen LogP contribution in [0.2, 0.25) is 0 Å². The van der Waals surface area contributed by atoms with Gasteiger partial charge in [0.2, 0.25) is 0 Å². The van der Waals surface area contributed by atoms with Gasteiger partial charge in [-0.25, -0.2) is 13.8 Å². The highest BCUT2D eigenvalue weighted by Crippen LogP contribution is 2.28. The minimum atomic E-state index is -0.775. The molecule has 1 aromatic carbocycles. The van der Waals surface area contributed by atoms with Crippen molar-refractivity contribution in [3.63, 3.8) is 0 Å². The number of imidazole rings is 1. The molecule has 3 nitrogen and oxygen atoms in total. The quantitative estimate of drug-likeness (QED) is 0.867. The predicted octanol–water partition coefficient (Wildman–Crippen LogP) is 3.00. The van der Waals surface area contributed by atoms with Gasteiger partial charge in [0.15, 0.2) is 11.6 Å². The molecule has 21 heavy (non-hydrogen) atoms. The van der Waals surface area contributed by atoms with Gasteiger partial charge in [0, 0.05) is 37.8 Å². The molecule has 2 heterocycles. The molecule has 2 aromatic rings. The predicted molar refractivity (Wildman–Crippen MR) is 76.9 cm³/mol. The van der Waals surface area contributed by atoms with Crippen molar-refractivity contribution in [3.05, 3.63) is 53.1 Å². The molecular weight excluding hydrogens is 272 g/mol. The van der Waals surface area contributed by atoms with Gasteiger partial charge in [-0.3, -0.25) is 4.90 Å². The van der Waals surface area contributed by atoms with E-state index in [1.165, 1.54) is 0 Å². The van der Waals surface area contributed by atoms with E-state index in [2.05, 4.69) is 14.5 Å². The summed E-state index contributed by atoms with van der Waals surface area (Å²) in [5.74, 6) is -0.0632. The lowest BCUT2D eigenvalue weighted by Crippen LogP contribution is -2.21. The third kappa shape index (κ3) is 2.83. The fourth-order valence-electron chi connectivity index (χ4n) is 3.11. The van der Waals surface area contributed by atoms with Crippen LogP contribution in [0.15, 0.2) is 24.4 Å². The molecular formula is C16H19F2N3. The molecule has 0 saturated carbocycles. The first-order chi connectivity index (χ1) is 10.0. The zero-order valence-corrected chi connectivity index (χ0v) is 12.3. The molecule has 1 aromatic heterocycles. The molecule has 3 rings (SSSR count). The molecule has 112 valence electrons. The second-order valence-corrected chi connectivity index (χ2v) is 5.79. The van der Waals surface area contributed by atoms with Gasteiger partial charge in [0.25, 0.3) is 0 Å². The van der Waals surface area contributed by atoms with E-state index in [9.17, 15) is 8.78 Å². The molecule has 1 aliphatic heterocycles. The second-order valence-electron chi connectivity index (χ2n) is 5.79. The molecule has 1 saturated heterocycles. The summed E-state index contributed by atoms with van der Waals surface area (Å²) < 4.78 is 29.0. The lowest BCUT2D eigenvalue weighted by Gasteiger charge is -2.16. The summed E-state index contributed by atoms with van der Waals surface area (Å²) in [5.41, 5.74) is 1.44. The van der Waals surface area contributed by atoms with Gasteiger partial charge in [0.1, 0.15) is 5.82 Å². The van der Waals surface area contributed by atoms with Crippen molar-refractivity contribution in [2.75, 3.05) is 13.1 Å². The largest absolute Gasteiger partial charge is 0.337 e. The van der Waals surface area contributed by atoms with Crippen LogP contribution in [0.3, 0.4) is 0 Å². The Kier molecular flexibility index (Phi) is 3.76. The molecule has 0 aliphatic carbocycles. The van der Waals surface area contributed by atoms with Gasteiger partial charge >= 0.3 is 0 Å². The van der Waals surface area contributed by atoms with E-state index in [0.29, 0.717) is 18.0 Å². The summed E-state index contributed by atoms with van der Waals surface area (Å²) in [6.07, 6.45) is 3.02. The fourth-order valence-corrected chi connectivity index (χ4v) is 3.11. The molecule has 5 heteroatoms. The van der Waals surface area contributed by atoms with Gasteiger partial charge in [-0.05, 0) is 26.0 Å². The van der Waals surface area contributed by atoms with Gasteiger partial charge in [-0.15, -0.1) is 0 Å². The molecule has 0 bridgehead atoms. The van der Waals surface area contributed by atoms with E-state index >= 15 is 0 Å². The first-order valence-electron chi connectivity index (χ1n) is 7.19. The number of halogens is 2. The Morgan fingerprint density at radius 1 is 1.33 bits per heavy atom. The molecule has 1 unspecified atom stereocenters. The Hall–Kier alpha value is -1.75. The highest BCUT2D eigenvalue weighted by Gasteiger charge is 2.27. The highest BCUT2D eigenvalue weighted by atomic mass is 19.2. The van der Waals surface area contributed by atoms with E-state index in [0.717, 1.165) is 37.1 Å². The van der Waals surface area contributed by atoms with Crippen molar-refractivity contribution in [2.24, 2.45) is 7.05 Å². The van der Waals surface area contributed by atoms with E-state index in [-0.39, 0.29) is 0 Å². The third-order valence-corrected chi connectivity index (χ3v) is 4.10. The van der Waals surface area contributed by atoms with Crippen LogP contribution in [0, 0.1) is 18.6 Å². The molecule has 0 N–H and O–H groups in total. The minimum Gasteiger partial charge on any atom is -0.337 e. The summed E-state index contributed by atoms with van der Waals surface area (Å²) in [6, 6.07) is 4.36. The monoisotopic (exact) mass is 291 g/mol. The number of benzene rings is 1. The van der Waals surface area contributed by atoms with E-state index in [4.69, 9.17) is 0 Å². The standard InChI is InChI=1S/C16H19F2N3/c1-11-8-20(2)16(19-11)13-6-7-21(10-13)9-12-4-3-5-14(17)15(12)18/h3-5,8,13H,6-7,9-10H2,1-2H3. The lowest BCUT2D eigenvalue weighted by atomic mass is 10.1. The zero-order valence-electron chi connectivity index (χ0n) is 12.3. The van der Waals surface area contributed by atoms with Crippen LogP contribution < -0.4 is 0 Å². The summed E-state index contributed by atoms with van der Waals surface area (Å²) in [5, 5.41) is 0. The van der Waals surface area contributed by atoms with Gasteiger partial charge in [0.05, 0.1) is 5.69 Å². The first-order valence-corrected chi connectivity index (χ1v) is 7.19. The average Bonchev–Trinajstić information content (AvgIpc) is 3.01. The zero-order chi connectivity index (χ0) is 15.0. The summed E-state index contributed by atoms with van der Waals surface area (Å²) in [6.45, 7) is 4.15. The van der Waals surface area contributed by atoms with E-state index < -0.39 is 11.6 Å². The fraction of sp³-hybridized carbons (Fsp3) is 0.438. The van der Waals surface area contributed by atoms with E-state index in [1.807, 2.05) is 20.2 Å². The van der Waals surface area contributed by atoms with Crippen LogP contribution >= 0.6 is 0 Å². The summed E-state index contributed by atoms with van der Waals surface area (Å²) in [7, 11) is 2.00. The maximum absolute atomic E-state index is 13.7. The number of hydrogen-bond donors (Lipinski definition) is 0. The SMILES string of the molecule is Cc1cn(C)c(C2CCN(Cc3cccc(F)c3F)C2)n1. The van der Waals surface area contributed by atoms with Crippen LogP contribution in [0.25, 0.3) is 0 Å². The Balaban J connectivity index is 1.70. The maximum Gasteiger partial charge on any atom is 0.163 e. The smallest absolute Gasteiger partial charge is 0.163 e. The van der Waals surface area contributed by atoms with Crippen molar-refractivity contribution >= 4 is 0 Å². The molecule has 1 fully saturated rings. The maximum atomic E-state index is 13.7. The molecule has 1 atom stereocenters. The summed E-state index contributed by atoms with van der Waals surface area (Å²) >= 11 is 0. The summed E-state index contributed by atoms with van der Waals surface area (Å²) in [4.78, 5) is 6.73. The Morgan fingerprint density at radius 2 is 2.14 bits per heavy atom. The molecule has 0 radical (unpaired) electrons. The number of hydrogen-bond acceptors (Lipinski definition) is 2. The Morgan fingerprint density at radius 3 is 2.86 bits per heavy atom. The van der Waals surface area contributed by atoms with Gasteiger partial charge in [-0.2, -0.15) is 0 Å². The number of rotatable bonds is 3. The highest BCUT2D eigenvalue weighted by molar-refractivity contribution is 5.19. The minimum absolute atomic E-state index is 0.361. The van der Waals surface area contributed by atoms with Crippen LogP contribution in [-0.2, 0) is 13.6 Å². The average molecular weight is 291 g/mol. The molecule has 0 amide bonds. The van der Waals surface area contributed by atoms with Crippen molar-refractivity contribution in [1.82, 2.24) is 14.5 Å². The topological polar surface area (TPSA) is 21.1 Å². The van der Waals surface area contributed by atoms with E-state index in [1.54, 1.807) is 12.1 Å². The number of aromatic nitrogens is 2. The number of aryl methyl sites for hydroxylation is 2. The lowest BCUT2D eigenvalue weighted by molar-refractivity contribution is 0.317. The first kappa shape index (κ1) is 14.2. The van der Waals surface area contributed by atoms with Crippen LogP contribution in [0.1, 0.15) is 29.4 Å². The van der Waals surface area contributed by atoms with Gasteiger partial charge in [-0.1, -0.05) is 12.1 Å². The van der Waals surface area contributed by atoms with Crippen molar-refractivity contribution < 1.29 is 8.78 Å². The van der Waals surface area contributed by atoms with Gasteiger partial charge < -0.3 is 4.57 Å². The van der Waals surface area contributed by atoms with Crippen LogP contribution in [0.4, 0.5) is 8.78 Å². The van der Waals surface area contributed by atoms with Crippen molar-refractivity contribution in [1.29, 1.82) is 0 Å². The Bertz CT molecular complexity index is 651. The normalized spacial score (nSPS) is 19.3. The Labute approximate surface area is 123 Å². The van der Waals surface area contributed by atoms with Crippen LogP contribution in [-0.4, -0.2) is 27.5 Å².